The minimum Gasteiger partial charge on any atom is -0.492 e. The van der Waals surface area contributed by atoms with E-state index in [4.69, 9.17) is 4.74 Å². The maximum atomic E-state index is 13.1. The Morgan fingerprint density at radius 2 is 1.71 bits per heavy atom. The van der Waals surface area contributed by atoms with Crippen LogP contribution in [-0.2, 0) is 11.2 Å². The summed E-state index contributed by atoms with van der Waals surface area (Å²) in [7, 11) is 2.17. The van der Waals surface area contributed by atoms with Crippen LogP contribution in [0.3, 0.4) is 0 Å². The molecule has 1 aromatic carbocycles. The van der Waals surface area contributed by atoms with Crippen LogP contribution < -0.4 is 4.74 Å². The van der Waals surface area contributed by atoms with Gasteiger partial charge < -0.3 is 14.5 Å². The highest BCUT2D eigenvalue weighted by atomic mass is 16.5. The highest BCUT2D eigenvalue weighted by molar-refractivity contribution is 5.78. The van der Waals surface area contributed by atoms with E-state index in [0.717, 1.165) is 90.5 Å². The molecule has 3 heterocycles. The molecule has 0 atom stereocenters. The van der Waals surface area contributed by atoms with Gasteiger partial charge in [-0.1, -0.05) is 38.0 Å². The predicted octanol–water partition coefficient (Wildman–Crippen LogP) is 3.75. The SMILES string of the molecule is CCCCN1CCOc2ccccc2CCCCC2(CCN(C(=O)CN3CCN(C)CC3)CC2)C1. The lowest BCUT2D eigenvalue weighted by Crippen LogP contribution is -2.52. The molecule has 1 spiro atoms. The minimum absolute atomic E-state index is 0.330. The first-order chi connectivity index (χ1) is 17.1. The van der Waals surface area contributed by atoms with E-state index in [-0.39, 0.29) is 0 Å². The monoisotopic (exact) mass is 484 g/mol. The molecule has 0 aromatic heterocycles. The molecule has 0 bridgehead atoms. The summed E-state index contributed by atoms with van der Waals surface area (Å²) >= 11 is 0. The van der Waals surface area contributed by atoms with Gasteiger partial charge in [-0.2, -0.15) is 0 Å². The fraction of sp³-hybridized carbons (Fsp3) is 0.759. The number of aryl methyl sites for hydroxylation is 1. The molecule has 1 amide bonds. The Kier molecular flexibility index (Phi) is 9.87. The van der Waals surface area contributed by atoms with Gasteiger partial charge in [0.1, 0.15) is 12.4 Å². The number of rotatable bonds is 5. The van der Waals surface area contributed by atoms with E-state index in [1.165, 1.54) is 37.7 Å². The molecule has 35 heavy (non-hydrogen) atoms. The molecule has 4 rings (SSSR count). The smallest absolute Gasteiger partial charge is 0.236 e. The maximum absolute atomic E-state index is 13.1. The minimum atomic E-state index is 0.330. The van der Waals surface area contributed by atoms with Gasteiger partial charge in [0.05, 0.1) is 6.54 Å². The van der Waals surface area contributed by atoms with Gasteiger partial charge in [-0.15, -0.1) is 0 Å². The second kappa shape index (κ2) is 13.1. The molecule has 2 fully saturated rings. The summed E-state index contributed by atoms with van der Waals surface area (Å²) in [5, 5.41) is 0. The lowest BCUT2D eigenvalue weighted by Gasteiger charge is -2.45. The van der Waals surface area contributed by atoms with Gasteiger partial charge in [-0.05, 0) is 69.2 Å². The van der Waals surface area contributed by atoms with Crippen LogP contribution in [0.1, 0.15) is 57.4 Å². The number of fused-ring (bicyclic) bond motifs is 1. The van der Waals surface area contributed by atoms with Crippen LogP contribution in [-0.4, -0.2) is 105 Å². The Labute approximate surface area is 213 Å². The van der Waals surface area contributed by atoms with E-state index in [9.17, 15) is 4.79 Å². The average Bonchev–Trinajstić information content (AvgIpc) is 2.87. The Morgan fingerprint density at radius 1 is 0.943 bits per heavy atom. The summed E-state index contributed by atoms with van der Waals surface area (Å²) in [5.41, 5.74) is 1.68. The van der Waals surface area contributed by atoms with Gasteiger partial charge in [-0.3, -0.25) is 14.6 Å². The summed E-state index contributed by atoms with van der Waals surface area (Å²) in [5.74, 6) is 1.41. The molecule has 0 aliphatic carbocycles. The zero-order valence-electron chi connectivity index (χ0n) is 22.3. The largest absolute Gasteiger partial charge is 0.492 e. The third-order valence-corrected chi connectivity index (χ3v) is 8.56. The van der Waals surface area contributed by atoms with Gasteiger partial charge in [0.15, 0.2) is 0 Å². The van der Waals surface area contributed by atoms with Crippen LogP contribution in [0, 0.1) is 5.41 Å². The molecule has 196 valence electrons. The van der Waals surface area contributed by atoms with Crippen molar-refractivity contribution in [2.45, 2.75) is 58.3 Å². The lowest BCUT2D eigenvalue weighted by molar-refractivity contribution is -0.135. The topological polar surface area (TPSA) is 39.3 Å². The fourth-order valence-corrected chi connectivity index (χ4v) is 6.09. The quantitative estimate of drug-likeness (QED) is 0.637. The number of carbonyl (C=O) groups is 1. The number of hydrogen-bond donors (Lipinski definition) is 0. The number of likely N-dealkylation sites (N-methyl/N-ethyl adjacent to an activating group) is 1. The van der Waals surface area contributed by atoms with Crippen LogP contribution in [0.25, 0.3) is 0 Å². The van der Waals surface area contributed by atoms with Crippen LogP contribution in [0.5, 0.6) is 5.75 Å². The Morgan fingerprint density at radius 3 is 2.49 bits per heavy atom. The van der Waals surface area contributed by atoms with Crippen molar-refractivity contribution in [1.82, 2.24) is 19.6 Å². The van der Waals surface area contributed by atoms with Crippen molar-refractivity contribution in [3.63, 3.8) is 0 Å². The molecule has 3 aliphatic heterocycles. The molecular weight excluding hydrogens is 436 g/mol. The Hall–Kier alpha value is -1.63. The normalized spacial score (nSPS) is 23.2. The standard InChI is InChI=1S/C29H48N4O2/c1-3-4-15-32-22-23-35-27-11-6-5-9-26(27)10-7-8-12-29(25-32)13-16-33(17-14-29)28(34)24-31-20-18-30(2)19-21-31/h5-6,9,11H,3-4,7-8,10,12-25H2,1-2H3. The first-order valence-corrected chi connectivity index (χ1v) is 14.2. The summed E-state index contributed by atoms with van der Waals surface area (Å²) in [6, 6.07) is 8.59. The average molecular weight is 485 g/mol. The van der Waals surface area contributed by atoms with Gasteiger partial charge in [0.2, 0.25) is 5.91 Å². The van der Waals surface area contributed by atoms with Crippen LogP contribution >= 0.6 is 0 Å². The number of likely N-dealkylation sites (tertiary alicyclic amines) is 1. The van der Waals surface area contributed by atoms with Crippen molar-refractivity contribution in [3.8, 4) is 5.75 Å². The molecule has 0 saturated carbocycles. The first-order valence-electron chi connectivity index (χ1n) is 14.2. The number of carbonyl (C=O) groups excluding carboxylic acids is 1. The third kappa shape index (κ3) is 7.68. The molecule has 6 nitrogen and oxygen atoms in total. The van der Waals surface area contributed by atoms with Gasteiger partial charge >= 0.3 is 0 Å². The number of unbranched alkanes of at least 4 members (excludes halogenated alkanes) is 1. The van der Waals surface area contributed by atoms with Gasteiger partial charge in [-0.25, -0.2) is 0 Å². The molecule has 3 aliphatic rings. The lowest BCUT2D eigenvalue weighted by atomic mass is 9.73. The van der Waals surface area contributed by atoms with Crippen molar-refractivity contribution in [1.29, 1.82) is 0 Å². The summed E-state index contributed by atoms with van der Waals surface area (Å²) in [6.07, 6.45) is 9.59. The Balaban J connectivity index is 1.37. The van der Waals surface area contributed by atoms with E-state index < -0.39 is 0 Å². The van der Waals surface area contributed by atoms with Crippen LogP contribution in [0.4, 0.5) is 0 Å². The molecule has 6 heteroatoms. The number of nitrogens with zero attached hydrogens (tertiary/aromatic N) is 4. The van der Waals surface area contributed by atoms with E-state index in [2.05, 4.69) is 57.8 Å². The molecule has 2 saturated heterocycles. The molecule has 0 radical (unpaired) electrons. The highest BCUT2D eigenvalue weighted by Gasteiger charge is 2.37. The van der Waals surface area contributed by atoms with E-state index in [1.807, 2.05) is 0 Å². The zero-order valence-corrected chi connectivity index (χ0v) is 22.3. The number of amides is 1. The Bertz CT molecular complexity index is 785. The van der Waals surface area contributed by atoms with E-state index >= 15 is 0 Å². The van der Waals surface area contributed by atoms with Crippen molar-refractivity contribution in [3.05, 3.63) is 29.8 Å². The first kappa shape index (κ1) is 26.4. The summed E-state index contributed by atoms with van der Waals surface area (Å²) in [4.78, 5) is 22.6. The second-order valence-corrected chi connectivity index (χ2v) is 11.3. The van der Waals surface area contributed by atoms with Crippen LogP contribution in [0.15, 0.2) is 24.3 Å². The predicted molar refractivity (Wildman–Crippen MR) is 143 cm³/mol. The van der Waals surface area contributed by atoms with E-state index in [0.29, 0.717) is 17.9 Å². The zero-order chi connectivity index (χ0) is 24.5. The highest BCUT2D eigenvalue weighted by Crippen LogP contribution is 2.38. The van der Waals surface area contributed by atoms with Crippen molar-refractivity contribution < 1.29 is 9.53 Å². The molecule has 0 unspecified atom stereocenters. The number of ether oxygens (including phenoxy) is 1. The fourth-order valence-electron chi connectivity index (χ4n) is 6.09. The third-order valence-electron chi connectivity index (χ3n) is 8.56. The number of piperazine rings is 1. The molecular formula is C29H48N4O2. The van der Waals surface area contributed by atoms with Gasteiger partial charge in [0.25, 0.3) is 0 Å². The van der Waals surface area contributed by atoms with Crippen molar-refractivity contribution in [2.75, 3.05) is 79.1 Å². The summed E-state index contributed by atoms with van der Waals surface area (Å²) in [6.45, 7) is 12.9. The number of para-hydroxylation sites is 1. The molecule has 0 N–H and O–H groups in total. The second-order valence-electron chi connectivity index (χ2n) is 11.3. The summed E-state index contributed by atoms with van der Waals surface area (Å²) < 4.78 is 6.27. The van der Waals surface area contributed by atoms with Crippen molar-refractivity contribution >= 4 is 5.91 Å². The number of piperidine rings is 1. The van der Waals surface area contributed by atoms with Crippen LogP contribution in [0.2, 0.25) is 0 Å². The van der Waals surface area contributed by atoms with E-state index in [1.54, 1.807) is 0 Å². The number of hydrogen-bond acceptors (Lipinski definition) is 5. The van der Waals surface area contributed by atoms with Gasteiger partial charge in [0, 0.05) is 52.4 Å². The number of benzene rings is 1. The maximum Gasteiger partial charge on any atom is 0.236 e. The van der Waals surface area contributed by atoms with Crippen molar-refractivity contribution in [2.24, 2.45) is 5.41 Å². The molecule has 1 aromatic rings.